The van der Waals surface area contributed by atoms with Crippen molar-refractivity contribution in [2.75, 3.05) is 26.2 Å². The number of likely N-dealkylation sites (N-methyl/N-ethyl adjacent to an activating group) is 1. The minimum absolute atomic E-state index is 0.117. The zero-order valence-corrected chi connectivity index (χ0v) is 15.7. The summed E-state index contributed by atoms with van der Waals surface area (Å²) in [5.74, 6) is 0.653. The van der Waals surface area contributed by atoms with Crippen LogP contribution >= 0.6 is 0 Å². The molecule has 0 spiro atoms. The average Bonchev–Trinajstić information content (AvgIpc) is 3.04. The number of nitrogens with zero attached hydrogens (tertiary/aromatic N) is 3. The standard InChI is InChI=1S/C20H26N4O2/c1-4-16-20-19(22-26-16)18(15-10-8-7-9-11-15)21-14-17(25)24(20)13-12-23(5-2)6-3/h7-11,14,22H,4-6,12-13H2,1-3H3. The van der Waals surface area contributed by atoms with E-state index in [4.69, 9.17) is 4.84 Å². The number of benzene rings is 1. The summed E-state index contributed by atoms with van der Waals surface area (Å²) < 4.78 is 0. The van der Waals surface area contributed by atoms with Crippen LogP contribution in [0.5, 0.6) is 0 Å². The Balaban J connectivity index is 2.01. The quantitative estimate of drug-likeness (QED) is 0.818. The van der Waals surface area contributed by atoms with Crippen LogP contribution in [0.1, 0.15) is 32.8 Å². The molecule has 0 radical (unpaired) electrons. The van der Waals surface area contributed by atoms with Crippen LogP contribution in [0, 0.1) is 0 Å². The molecule has 6 nitrogen and oxygen atoms in total. The highest BCUT2D eigenvalue weighted by molar-refractivity contribution is 6.28. The van der Waals surface area contributed by atoms with Gasteiger partial charge in [0.15, 0.2) is 5.76 Å². The molecule has 0 unspecified atom stereocenters. The van der Waals surface area contributed by atoms with E-state index in [9.17, 15) is 4.79 Å². The van der Waals surface area contributed by atoms with E-state index in [0.717, 1.165) is 48.0 Å². The molecule has 3 rings (SSSR count). The molecule has 0 bridgehead atoms. The maximum absolute atomic E-state index is 12.8. The minimum Gasteiger partial charge on any atom is -0.384 e. The van der Waals surface area contributed by atoms with E-state index in [-0.39, 0.29) is 5.91 Å². The lowest BCUT2D eigenvalue weighted by atomic mass is 10.1. The molecule has 1 aromatic carbocycles. The van der Waals surface area contributed by atoms with Crippen molar-refractivity contribution in [3.05, 3.63) is 53.0 Å². The minimum atomic E-state index is -0.117. The third-order valence-electron chi connectivity index (χ3n) is 4.76. The maximum atomic E-state index is 12.8. The second kappa shape index (κ2) is 8.19. The monoisotopic (exact) mass is 354 g/mol. The Bertz CT molecular complexity index is 748. The summed E-state index contributed by atoms with van der Waals surface area (Å²) in [6.07, 6.45) is 2.11. The molecule has 6 heteroatoms. The molecule has 0 atom stereocenters. The van der Waals surface area contributed by atoms with Gasteiger partial charge < -0.3 is 14.6 Å². The van der Waals surface area contributed by atoms with Gasteiger partial charge in [0.2, 0.25) is 0 Å². The van der Waals surface area contributed by atoms with Crippen LogP contribution in [0.3, 0.4) is 0 Å². The number of carbonyl (C=O) groups excluding carboxylic acids is 1. The third kappa shape index (κ3) is 3.51. The van der Waals surface area contributed by atoms with Crippen LogP contribution in [-0.4, -0.2) is 48.1 Å². The number of aliphatic imine (C=N–C) groups is 1. The van der Waals surface area contributed by atoms with Crippen LogP contribution in [0.25, 0.3) is 5.70 Å². The number of amides is 1. The first kappa shape index (κ1) is 18.2. The predicted octanol–water partition coefficient (Wildman–Crippen LogP) is 2.77. The van der Waals surface area contributed by atoms with Crippen LogP contribution < -0.4 is 5.48 Å². The van der Waals surface area contributed by atoms with E-state index in [1.54, 1.807) is 4.90 Å². The van der Waals surface area contributed by atoms with Crippen molar-refractivity contribution < 1.29 is 9.63 Å². The number of rotatable bonds is 7. The van der Waals surface area contributed by atoms with Gasteiger partial charge in [0.05, 0.1) is 11.9 Å². The van der Waals surface area contributed by atoms with Gasteiger partial charge in [0.25, 0.3) is 5.91 Å². The van der Waals surface area contributed by atoms with E-state index in [1.165, 1.54) is 6.21 Å². The van der Waals surface area contributed by atoms with Crippen LogP contribution in [0.2, 0.25) is 0 Å². The Kier molecular flexibility index (Phi) is 5.73. The smallest absolute Gasteiger partial charge is 0.269 e. The van der Waals surface area contributed by atoms with E-state index >= 15 is 0 Å². The summed E-state index contributed by atoms with van der Waals surface area (Å²) >= 11 is 0. The fraction of sp³-hybridized carbons (Fsp3) is 0.400. The Labute approximate surface area is 154 Å². The van der Waals surface area contributed by atoms with E-state index in [2.05, 4.69) is 29.2 Å². The number of allylic oxidation sites excluding steroid dienone is 1. The molecule has 2 heterocycles. The molecule has 2 aliphatic rings. The second-order valence-electron chi connectivity index (χ2n) is 6.19. The van der Waals surface area contributed by atoms with Crippen molar-refractivity contribution in [1.29, 1.82) is 0 Å². The average molecular weight is 354 g/mol. The van der Waals surface area contributed by atoms with E-state index in [1.807, 2.05) is 37.3 Å². The topological polar surface area (TPSA) is 57.2 Å². The largest absolute Gasteiger partial charge is 0.384 e. The summed E-state index contributed by atoms with van der Waals surface area (Å²) in [6, 6.07) is 9.85. The zero-order chi connectivity index (χ0) is 18.5. The first-order valence-corrected chi connectivity index (χ1v) is 9.23. The van der Waals surface area contributed by atoms with Crippen molar-refractivity contribution in [2.45, 2.75) is 27.2 Å². The van der Waals surface area contributed by atoms with Gasteiger partial charge in [-0.05, 0) is 13.1 Å². The molecule has 2 aliphatic heterocycles. The van der Waals surface area contributed by atoms with Crippen LogP contribution in [0.4, 0.5) is 0 Å². The maximum Gasteiger partial charge on any atom is 0.269 e. The molecular formula is C20H26N4O2. The van der Waals surface area contributed by atoms with Gasteiger partial charge in [-0.25, -0.2) is 10.5 Å². The fourth-order valence-electron chi connectivity index (χ4n) is 3.22. The molecule has 26 heavy (non-hydrogen) atoms. The van der Waals surface area contributed by atoms with Gasteiger partial charge in [0.1, 0.15) is 11.4 Å². The van der Waals surface area contributed by atoms with Crippen LogP contribution in [0.15, 0.2) is 52.5 Å². The highest BCUT2D eigenvalue weighted by atomic mass is 16.7. The third-order valence-corrected chi connectivity index (χ3v) is 4.76. The Morgan fingerprint density at radius 1 is 1.15 bits per heavy atom. The highest BCUT2D eigenvalue weighted by Gasteiger charge is 2.34. The number of fused-ring (bicyclic) bond motifs is 1. The molecule has 0 aliphatic carbocycles. The van der Waals surface area contributed by atoms with Crippen molar-refractivity contribution in [3.63, 3.8) is 0 Å². The van der Waals surface area contributed by atoms with Crippen molar-refractivity contribution in [3.8, 4) is 0 Å². The Hall–Kier alpha value is -2.60. The predicted molar refractivity (Wildman–Crippen MR) is 103 cm³/mol. The van der Waals surface area contributed by atoms with Crippen molar-refractivity contribution >= 4 is 17.8 Å². The molecule has 0 saturated heterocycles. The first-order chi connectivity index (χ1) is 12.7. The molecular weight excluding hydrogens is 328 g/mol. The van der Waals surface area contributed by atoms with Crippen LogP contribution in [-0.2, 0) is 9.63 Å². The first-order valence-electron chi connectivity index (χ1n) is 9.23. The Morgan fingerprint density at radius 2 is 1.88 bits per heavy atom. The second-order valence-corrected chi connectivity index (χ2v) is 6.19. The molecule has 0 fully saturated rings. The summed E-state index contributed by atoms with van der Waals surface area (Å²) in [6.45, 7) is 9.60. The van der Waals surface area contributed by atoms with Gasteiger partial charge in [-0.1, -0.05) is 51.1 Å². The fourth-order valence-corrected chi connectivity index (χ4v) is 3.22. The lowest BCUT2D eigenvalue weighted by Gasteiger charge is -2.25. The molecule has 1 amide bonds. The van der Waals surface area contributed by atoms with Crippen molar-refractivity contribution in [1.82, 2.24) is 15.3 Å². The molecule has 0 aromatic heterocycles. The van der Waals surface area contributed by atoms with Gasteiger partial charge in [0, 0.05) is 25.1 Å². The number of hydrogen-bond donors (Lipinski definition) is 1. The summed E-state index contributed by atoms with van der Waals surface area (Å²) in [7, 11) is 0. The number of hydroxylamine groups is 1. The number of hydrogen-bond acceptors (Lipinski definition) is 5. The number of carbonyl (C=O) groups is 1. The summed E-state index contributed by atoms with van der Waals surface area (Å²) in [4.78, 5) is 27.0. The highest BCUT2D eigenvalue weighted by Crippen LogP contribution is 2.34. The van der Waals surface area contributed by atoms with E-state index < -0.39 is 0 Å². The van der Waals surface area contributed by atoms with E-state index in [0.29, 0.717) is 13.0 Å². The lowest BCUT2D eigenvalue weighted by molar-refractivity contribution is -0.122. The van der Waals surface area contributed by atoms with Gasteiger partial charge >= 0.3 is 0 Å². The van der Waals surface area contributed by atoms with Gasteiger partial charge in [-0.3, -0.25) is 4.79 Å². The zero-order valence-electron chi connectivity index (χ0n) is 15.7. The SMILES string of the molecule is CCC1=C2C(=C(c3ccccc3)N=CC(=O)N2CCN(CC)CC)NO1. The molecule has 138 valence electrons. The number of nitrogens with one attached hydrogen (secondary N) is 1. The molecule has 1 aromatic rings. The lowest BCUT2D eigenvalue weighted by Crippen LogP contribution is -2.39. The van der Waals surface area contributed by atoms with Gasteiger partial charge in [-0.2, -0.15) is 0 Å². The molecule has 0 saturated carbocycles. The van der Waals surface area contributed by atoms with Gasteiger partial charge in [-0.15, -0.1) is 0 Å². The molecule has 1 N–H and O–H groups in total. The summed E-state index contributed by atoms with van der Waals surface area (Å²) in [5, 5.41) is 0. The normalized spacial score (nSPS) is 16.8. The summed E-state index contributed by atoms with van der Waals surface area (Å²) in [5.41, 5.74) is 6.24. The van der Waals surface area contributed by atoms with Crippen molar-refractivity contribution in [2.24, 2.45) is 4.99 Å². The Morgan fingerprint density at radius 3 is 2.54 bits per heavy atom.